The Kier molecular flexibility index (Phi) is 13.7. The van der Waals surface area contributed by atoms with Gasteiger partial charge < -0.3 is 0 Å². The van der Waals surface area contributed by atoms with Crippen molar-refractivity contribution < 1.29 is 28.7 Å². The van der Waals surface area contributed by atoms with Gasteiger partial charge in [0.25, 0.3) is 0 Å². The van der Waals surface area contributed by atoms with Gasteiger partial charge in [-0.05, 0) is 0 Å². The summed E-state index contributed by atoms with van der Waals surface area (Å²) in [6.07, 6.45) is 0. The third-order valence-electron chi connectivity index (χ3n) is 0. The molecule has 0 aromatic carbocycles. The summed E-state index contributed by atoms with van der Waals surface area (Å²) in [5, 5.41) is 0. The first-order valence-electron chi connectivity index (χ1n) is 0.632. The van der Waals surface area contributed by atoms with E-state index in [1.807, 2.05) is 0 Å². The summed E-state index contributed by atoms with van der Waals surface area (Å²) in [4.78, 5) is 0. The van der Waals surface area contributed by atoms with Crippen LogP contribution in [-0.4, -0.2) is 63.3 Å². The van der Waals surface area contributed by atoms with E-state index in [0.717, 1.165) is 0 Å². The summed E-state index contributed by atoms with van der Waals surface area (Å²) in [5.74, 6) is 0. The van der Waals surface area contributed by atoms with Gasteiger partial charge in [-0.25, -0.2) is 0 Å². The summed E-state index contributed by atoms with van der Waals surface area (Å²) >= 11 is -5.38. The van der Waals surface area contributed by atoms with Crippen LogP contribution in [0.3, 0.4) is 0 Å². The molecule has 0 heterocycles. The minimum atomic E-state index is -5.38. The molecule has 0 aliphatic carbocycles. The van der Waals surface area contributed by atoms with Crippen LogP contribution in [0.4, 0.5) is 0 Å². The molecular formula is H3MnNa2O4. The van der Waals surface area contributed by atoms with Crippen molar-refractivity contribution in [3.05, 3.63) is 0 Å². The molecule has 0 saturated heterocycles. The Balaban J connectivity index is -0.0000000800. The SMILES string of the molecule is [NaH].[NaH].[O]=[Mn](=[O])(=[O])[OH]. The van der Waals surface area contributed by atoms with Gasteiger partial charge in [-0.3, -0.25) is 0 Å². The van der Waals surface area contributed by atoms with Crippen molar-refractivity contribution in [2.75, 3.05) is 0 Å². The summed E-state index contributed by atoms with van der Waals surface area (Å²) in [7, 11) is 0. The molecule has 0 aromatic rings. The zero-order valence-electron chi connectivity index (χ0n) is 2.05. The van der Waals surface area contributed by atoms with Crippen molar-refractivity contribution in [2.45, 2.75) is 0 Å². The zero-order valence-corrected chi connectivity index (χ0v) is 3.23. The quantitative estimate of drug-likeness (QED) is 0.416. The molecule has 7 heteroatoms. The summed E-state index contributed by atoms with van der Waals surface area (Å²) in [6, 6.07) is 0. The van der Waals surface area contributed by atoms with Gasteiger partial charge in [0.2, 0.25) is 0 Å². The molecule has 0 saturated carbocycles. The van der Waals surface area contributed by atoms with Gasteiger partial charge in [-0.15, -0.1) is 0 Å². The molecule has 4 nitrogen and oxygen atoms in total. The molecule has 0 atom stereocenters. The Labute approximate surface area is 86.4 Å². The first-order valence-corrected chi connectivity index (χ1v) is 2.61. The topological polar surface area (TPSA) is 71.4 Å². The van der Waals surface area contributed by atoms with Crippen LogP contribution in [0.2, 0.25) is 0 Å². The Hall–Kier alpha value is 1.88. The molecular weight excluding hydrogens is 165 g/mol. The Morgan fingerprint density at radius 1 is 1.00 bits per heavy atom. The van der Waals surface area contributed by atoms with E-state index >= 15 is 0 Å². The first kappa shape index (κ1) is 15.9. The fourth-order valence-electron chi connectivity index (χ4n) is 0. The molecule has 0 unspecified atom stereocenters. The average Bonchev–Trinajstić information content (AvgIpc) is 0.722. The van der Waals surface area contributed by atoms with Crippen LogP contribution in [0, 0.1) is 0 Å². The fourth-order valence-corrected chi connectivity index (χ4v) is 0. The molecule has 0 bridgehead atoms. The normalized spacial score (nSPS) is 8.14. The molecule has 1 N–H and O–H groups in total. The Morgan fingerprint density at radius 3 is 1.00 bits per heavy atom. The Bertz CT molecular complexity index is 131. The molecule has 0 fully saturated rings. The summed E-state index contributed by atoms with van der Waals surface area (Å²) in [6.45, 7) is 0. The molecule has 0 spiro atoms. The van der Waals surface area contributed by atoms with Gasteiger partial charge in [0.15, 0.2) is 0 Å². The van der Waals surface area contributed by atoms with Crippen LogP contribution in [0.25, 0.3) is 0 Å². The van der Waals surface area contributed by atoms with Crippen LogP contribution in [0.5, 0.6) is 0 Å². The number of hydrogen-bond donors (Lipinski definition) is 1. The second-order valence-corrected chi connectivity index (χ2v) is 1.63. The van der Waals surface area contributed by atoms with E-state index in [0.29, 0.717) is 0 Å². The van der Waals surface area contributed by atoms with Crippen molar-refractivity contribution in [3.8, 4) is 0 Å². The number of hydrogen-bond acceptors (Lipinski definition) is 3. The van der Waals surface area contributed by atoms with Gasteiger partial charge in [-0.2, -0.15) is 0 Å². The standard InChI is InChI=1S/Mn.2Na.H2O.3O.2H/h;;;1H2;;;;;/q+1;;;;;;;;/p-1. The van der Waals surface area contributed by atoms with Crippen LogP contribution in [0.1, 0.15) is 0 Å². The second-order valence-electron chi connectivity index (χ2n) is 0.396. The van der Waals surface area contributed by atoms with Crippen LogP contribution >= 0.6 is 0 Å². The predicted octanol–water partition coefficient (Wildman–Crippen LogP) is -2.21. The molecule has 0 aliphatic rings. The molecule has 0 amide bonds. The van der Waals surface area contributed by atoms with Gasteiger partial charge in [0, 0.05) is 0 Å². The molecule has 0 aliphatic heterocycles. The zero-order chi connectivity index (χ0) is 4.50. The minimum absolute atomic E-state index is 0. The van der Waals surface area contributed by atoms with Crippen molar-refractivity contribution in [1.29, 1.82) is 0 Å². The first-order chi connectivity index (χ1) is 2.00. The third kappa shape index (κ3) is 77.1. The second kappa shape index (κ2) is 6.01. The van der Waals surface area contributed by atoms with E-state index in [9.17, 15) is 0 Å². The van der Waals surface area contributed by atoms with Crippen LogP contribution in [0.15, 0.2) is 0 Å². The maximum atomic E-state index is 8.69. The van der Waals surface area contributed by atoms with Crippen molar-refractivity contribution in [1.82, 2.24) is 0 Å². The maximum absolute atomic E-state index is 8.69. The number of rotatable bonds is 0. The summed E-state index contributed by atoms with van der Waals surface area (Å²) in [5.41, 5.74) is 0. The van der Waals surface area contributed by atoms with E-state index in [4.69, 9.17) is 15.7 Å². The third-order valence-corrected chi connectivity index (χ3v) is 0. The van der Waals surface area contributed by atoms with E-state index in [1.165, 1.54) is 0 Å². The monoisotopic (exact) mass is 168 g/mol. The molecule has 0 radical (unpaired) electrons. The summed E-state index contributed by atoms with van der Waals surface area (Å²) < 4.78 is 33.1. The van der Waals surface area contributed by atoms with E-state index in [-0.39, 0.29) is 59.1 Å². The molecule has 0 rings (SSSR count). The molecule has 36 valence electrons. The van der Waals surface area contributed by atoms with Gasteiger partial charge >= 0.3 is 87.8 Å². The van der Waals surface area contributed by atoms with E-state index in [2.05, 4.69) is 0 Å². The molecule has 0 aromatic heterocycles. The van der Waals surface area contributed by atoms with Crippen molar-refractivity contribution in [3.63, 3.8) is 0 Å². The van der Waals surface area contributed by atoms with Gasteiger partial charge in [-0.1, -0.05) is 0 Å². The average molecular weight is 168 g/mol. The predicted molar refractivity (Wildman–Crippen MR) is 18.6 cm³/mol. The van der Waals surface area contributed by atoms with E-state index in [1.54, 1.807) is 0 Å². The van der Waals surface area contributed by atoms with Crippen molar-refractivity contribution >= 4 is 59.1 Å². The van der Waals surface area contributed by atoms with Crippen molar-refractivity contribution in [2.24, 2.45) is 0 Å². The van der Waals surface area contributed by atoms with E-state index < -0.39 is 13.0 Å². The van der Waals surface area contributed by atoms with Gasteiger partial charge in [0.1, 0.15) is 0 Å². The van der Waals surface area contributed by atoms with Gasteiger partial charge in [0.05, 0.1) is 0 Å². The van der Waals surface area contributed by atoms with Crippen LogP contribution in [-0.2, 0) is 24.5 Å². The van der Waals surface area contributed by atoms with Crippen LogP contribution < -0.4 is 0 Å². The fraction of sp³-hybridized carbons (Fsp3) is 0. The Morgan fingerprint density at radius 2 is 1.00 bits per heavy atom. The molecule has 7 heavy (non-hydrogen) atoms.